The molecule has 0 bridgehead atoms. The Hall–Kier alpha value is -1.17. The number of hydrogen-bond acceptors (Lipinski definition) is 4. The summed E-state index contributed by atoms with van der Waals surface area (Å²) in [7, 11) is 0. The summed E-state index contributed by atoms with van der Waals surface area (Å²) in [6.45, 7) is 4.21. The number of aliphatic hydroxyl groups is 3. The summed E-state index contributed by atoms with van der Waals surface area (Å²) in [4.78, 5) is 12.5. The van der Waals surface area contributed by atoms with E-state index >= 15 is 0 Å². The van der Waals surface area contributed by atoms with Crippen molar-refractivity contribution in [1.82, 2.24) is 5.32 Å². The van der Waals surface area contributed by atoms with E-state index in [0.717, 1.165) is 38.5 Å². The van der Waals surface area contributed by atoms with Gasteiger partial charge in [-0.2, -0.15) is 0 Å². The normalized spacial score (nSPS) is 13.5. The van der Waals surface area contributed by atoms with Crippen molar-refractivity contribution in [2.75, 3.05) is 6.61 Å². The Bertz CT molecular complexity index is 890. The summed E-state index contributed by atoms with van der Waals surface area (Å²) < 4.78 is 0. The minimum absolute atomic E-state index is 0.372. The summed E-state index contributed by atoms with van der Waals surface area (Å²) in [6, 6.07) is -0.812. The molecule has 0 saturated carbocycles. The first-order valence-corrected chi connectivity index (χ1v) is 27.2. The molecular weight excluding hydrogens is 739 g/mol. The molecule has 0 aliphatic carbocycles. The van der Waals surface area contributed by atoms with Gasteiger partial charge in [-0.05, 0) is 32.1 Å². The second kappa shape index (κ2) is 50.5. The maximum Gasteiger partial charge on any atom is 0.249 e. The van der Waals surface area contributed by atoms with Crippen molar-refractivity contribution in [2.45, 2.75) is 315 Å². The number of carbonyl (C=O) groups excluding carboxylic acids is 1. The van der Waals surface area contributed by atoms with Crippen LogP contribution >= 0.6 is 0 Å². The van der Waals surface area contributed by atoms with Gasteiger partial charge in [0.05, 0.1) is 18.8 Å². The molecule has 1 amide bonds. The van der Waals surface area contributed by atoms with E-state index in [1.807, 2.05) is 6.08 Å². The van der Waals surface area contributed by atoms with Gasteiger partial charge < -0.3 is 20.6 Å². The summed E-state index contributed by atoms with van der Waals surface area (Å²) in [6.07, 6.45) is 63.9. The van der Waals surface area contributed by atoms with E-state index in [4.69, 9.17) is 0 Å². The lowest BCUT2D eigenvalue weighted by Crippen LogP contribution is -2.48. The Kier molecular flexibility index (Phi) is 49.5. The van der Waals surface area contributed by atoms with E-state index in [9.17, 15) is 20.1 Å². The molecule has 0 aliphatic heterocycles. The molecule has 60 heavy (non-hydrogen) atoms. The van der Waals surface area contributed by atoms with Crippen molar-refractivity contribution >= 4 is 5.91 Å². The Balaban J connectivity index is 3.60. The first kappa shape index (κ1) is 58.8. The zero-order valence-electron chi connectivity index (χ0n) is 40.6. The highest BCUT2D eigenvalue weighted by Gasteiger charge is 2.22. The van der Waals surface area contributed by atoms with E-state index < -0.39 is 24.2 Å². The van der Waals surface area contributed by atoms with Crippen LogP contribution in [0.25, 0.3) is 0 Å². The van der Waals surface area contributed by atoms with Crippen molar-refractivity contribution in [3.63, 3.8) is 0 Å². The molecule has 0 radical (unpaired) electrons. The molecule has 356 valence electrons. The molecule has 0 aromatic heterocycles. The van der Waals surface area contributed by atoms with Gasteiger partial charge >= 0.3 is 0 Å². The van der Waals surface area contributed by atoms with Crippen LogP contribution in [0.1, 0.15) is 296 Å². The van der Waals surface area contributed by atoms with E-state index in [1.54, 1.807) is 6.08 Å². The lowest BCUT2D eigenvalue weighted by Gasteiger charge is -2.21. The molecule has 0 saturated heterocycles. The van der Waals surface area contributed by atoms with Gasteiger partial charge in [-0.1, -0.05) is 289 Å². The predicted octanol–water partition coefficient (Wildman–Crippen LogP) is 16.5. The first-order chi connectivity index (χ1) is 29.6. The van der Waals surface area contributed by atoms with Gasteiger partial charge in [0.15, 0.2) is 0 Å². The third kappa shape index (κ3) is 44.9. The molecular formula is C55H107NO4. The number of hydrogen-bond donors (Lipinski definition) is 4. The third-order valence-electron chi connectivity index (χ3n) is 12.8. The molecule has 0 aliphatic rings. The van der Waals surface area contributed by atoms with Gasteiger partial charge in [0.25, 0.3) is 0 Å². The van der Waals surface area contributed by atoms with Gasteiger partial charge in [0, 0.05) is 0 Å². The highest BCUT2D eigenvalue weighted by atomic mass is 16.3. The smallest absolute Gasteiger partial charge is 0.249 e. The zero-order valence-corrected chi connectivity index (χ0v) is 40.6. The topological polar surface area (TPSA) is 89.8 Å². The fraction of sp³-hybridized carbons (Fsp3) is 0.909. The van der Waals surface area contributed by atoms with E-state index in [-0.39, 0.29) is 6.61 Å². The van der Waals surface area contributed by atoms with Crippen molar-refractivity contribution < 1.29 is 20.1 Å². The highest BCUT2D eigenvalue weighted by Crippen LogP contribution is 2.17. The van der Waals surface area contributed by atoms with Crippen LogP contribution in [0.2, 0.25) is 0 Å². The number of carbonyl (C=O) groups is 1. The fourth-order valence-corrected chi connectivity index (χ4v) is 8.56. The molecule has 4 N–H and O–H groups in total. The largest absolute Gasteiger partial charge is 0.394 e. The predicted molar refractivity (Wildman–Crippen MR) is 264 cm³/mol. The number of allylic oxidation sites excluding steroid dienone is 3. The van der Waals surface area contributed by atoms with Crippen LogP contribution in [0.4, 0.5) is 0 Å². The van der Waals surface area contributed by atoms with Crippen LogP contribution in [0.5, 0.6) is 0 Å². The zero-order chi connectivity index (χ0) is 43.7. The monoisotopic (exact) mass is 846 g/mol. The number of aliphatic hydroxyl groups excluding tert-OH is 3. The number of rotatable bonds is 50. The van der Waals surface area contributed by atoms with Crippen LogP contribution in [-0.2, 0) is 4.79 Å². The minimum Gasteiger partial charge on any atom is -0.394 e. The molecule has 0 fully saturated rings. The van der Waals surface area contributed by atoms with Gasteiger partial charge in [-0.3, -0.25) is 4.79 Å². The number of nitrogens with one attached hydrogen (secondary N) is 1. The average molecular weight is 846 g/mol. The van der Waals surface area contributed by atoms with Crippen LogP contribution in [0, 0.1) is 0 Å². The van der Waals surface area contributed by atoms with Crippen molar-refractivity contribution in [2.24, 2.45) is 0 Å². The first-order valence-electron chi connectivity index (χ1n) is 27.2. The Labute approximate surface area is 375 Å². The number of unbranched alkanes of at least 4 members (excludes halogenated alkanes) is 40. The Morgan fingerprint density at radius 3 is 1.02 bits per heavy atom. The van der Waals surface area contributed by atoms with Gasteiger partial charge in [-0.25, -0.2) is 0 Å². The summed E-state index contributed by atoms with van der Waals surface area (Å²) >= 11 is 0. The molecule has 0 heterocycles. The van der Waals surface area contributed by atoms with Crippen LogP contribution < -0.4 is 5.32 Å². The SMILES string of the molecule is CCCCCCCCCCCCCCCCCCCC/C=C/CC/C=C/C(O)C(CO)NC(=O)C(O)CCCCCCCCCCCCCCCCCCCCCCCC. The molecule has 0 aromatic carbocycles. The molecule has 3 atom stereocenters. The van der Waals surface area contributed by atoms with Gasteiger partial charge in [0.1, 0.15) is 6.10 Å². The lowest BCUT2D eigenvalue weighted by molar-refractivity contribution is -0.131. The maximum absolute atomic E-state index is 12.5. The summed E-state index contributed by atoms with van der Waals surface area (Å²) in [5, 5.41) is 33.3. The standard InChI is InChI=1S/C55H107NO4/c1-3-5-7-9-11-13-15-17-19-21-23-25-27-28-30-31-33-35-37-39-41-43-45-47-49-53(58)52(51-57)56-55(60)54(59)50-48-46-44-42-40-38-36-34-32-29-26-24-22-20-18-16-14-12-10-8-6-4-2/h39,41,47,49,52-54,57-59H,3-38,40,42-46,48,50-51H2,1-2H3,(H,56,60)/b41-39+,49-47+. The molecule has 0 spiro atoms. The Morgan fingerprint density at radius 2 is 0.683 bits per heavy atom. The molecule has 5 heteroatoms. The van der Waals surface area contributed by atoms with Crippen molar-refractivity contribution in [3.05, 3.63) is 24.3 Å². The second-order valence-corrected chi connectivity index (χ2v) is 18.8. The number of amides is 1. The maximum atomic E-state index is 12.5. The van der Waals surface area contributed by atoms with Crippen molar-refractivity contribution in [1.29, 1.82) is 0 Å². The van der Waals surface area contributed by atoms with E-state index in [2.05, 4.69) is 31.3 Å². The van der Waals surface area contributed by atoms with Gasteiger partial charge in [0.2, 0.25) is 5.91 Å². The Morgan fingerprint density at radius 1 is 0.400 bits per heavy atom. The lowest BCUT2D eigenvalue weighted by atomic mass is 10.0. The van der Waals surface area contributed by atoms with Gasteiger partial charge in [-0.15, -0.1) is 0 Å². The fourth-order valence-electron chi connectivity index (χ4n) is 8.56. The van der Waals surface area contributed by atoms with Crippen LogP contribution in [0.3, 0.4) is 0 Å². The minimum atomic E-state index is -1.10. The average Bonchev–Trinajstić information content (AvgIpc) is 3.25. The highest BCUT2D eigenvalue weighted by molar-refractivity contribution is 5.80. The molecule has 0 aromatic rings. The second-order valence-electron chi connectivity index (χ2n) is 18.8. The summed E-state index contributed by atoms with van der Waals surface area (Å²) in [5.74, 6) is -0.507. The third-order valence-corrected chi connectivity index (χ3v) is 12.8. The quantitative estimate of drug-likeness (QED) is 0.0363. The van der Waals surface area contributed by atoms with Crippen molar-refractivity contribution in [3.8, 4) is 0 Å². The molecule has 3 unspecified atom stereocenters. The van der Waals surface area contributed by atoms with Crippen LogP contribution in [-0.4, -0.2) is 46.1 Å². The van der Waals surface area contributed by atoms with Crippen LogP contribution in [0.15, 0.2) is 24.3 Å². The molecule has 5 nitrogen and oxygen atoms in total. The molecule has 0 rings (SSSR count). The van der Waals surface area contributed by atoms with E-state index in [0.29, 0.717) is 6.42 Å². The summed E-state index contributed by atoms with van der Waals surface area (Å²) in [5.41, 5.74) is 0. The van der Waals surface area contributed by atoms with E-state index in [1.165, 1.54) is 238 Å².